The number of aromatic nitrogens is 3. The molecule has 2 aromatic heterocycles. The summed E-state index contributed by atoms with van der Waals surface area (Å²) >= 11 is 0. The van der Waals surface area contributed by atoms with Crippen LogP contribution in [0.5, 0.6) is 0 Å². The minimum Gasteiger partial charge on any atom is -0.356 e. The van der Waals surface area contributed by atoms with Crippen molar-refractivity contribution < 1.29 is 0 Å². The van der Waals surface area contributed by atoms with Crippen molar-refractivity contribution in [2.45, 2.75) is 26.2 Å². The van der Waals surface area contributed by atoms with Gasteiger partial charge in [-0.15, -0.1) is 0 Å². The molecule has 4 nitrogen and oxygen atoms in total. The molecule has 1 aliphatic rings. The third kappa shape index (κ3) is 4.57. The Kier molecular flexibility index (Phi) is 5.79. The Morgan fingerprint density at radius 3 is 2.20 bits per heavy atom. The van der Waals surface area contributed by atoms with Crippen LogP contribution in [-0.2, 0) is 6.42 Å². The average molecular weight is 459 g/mol. The van der Waals surface area contributed by atoms with Crippen molar-refractivity contribution >= 4 is 11.5 Å². The first-order chi connectivity index (χ1) is 17.2. The molecule has 1 saturated heterocycles. The van der Waals surface area contributed by atoms with E-state index in [1.165, 1.54) is 24.0 Å². The monoisotopic (exact) mass is 458 g/mol. The van der Waals surface area contributed by atoms with Gasteiger partial charge in [0.05, 0.1) is 11.4 Å². The molecule has 0 radical (unpaired) electrons. The van der Waals surface area contributed by atoms with E-state index in [4.69, 9.17) is 10.1 Å². The molecule has 6 rings (SSSR count). The molecule has 0 amide bonds. The Labute approximate surface area is 206 Å². The summed E-state index contributed by atoms with van der Waals surface area (Å²) in [5.41, 5.74) is 7.79. The van der Waals surface area contributed by atoms with Gasteiger partial charge in [0.25, 0.3) is 0 Å². The van der Waals surface area contributed by atoms with Gasteiger partial charge in [0, 0.05) is 36.3 Å². The normalized spacial score (nSPS) is 14.5. The van der Waals surface area contributed by atoms with Gasteiger partial charge in [-0.3, -0.25) is 0 Å². The van der Waals surface area contributed by atoms with E-state index in [0.29, 0.717) is 0 Å². The van der Waals surface area contributed by atoms with E-state index in [2.05, 4.69) is 109 Å². The van der Waals surface area contributed by atoms with Crippen LogP contribution in [0.1, 0.15) is 24.0 Å². The van der Waals surface area contributed by atoms with Crippen molar-refractivity contribution in [3.05, 3.63) is 108 Å². The Bertz CT molecular complexity index is 1430. The zero-order chi connectivity index (χ0) is 23.6. The molecule has 0 bridgehead atoms. The van der Waals surface area contributed by atoms with Gasteiger partial charge < -0.3 is 4.90 Å². The quantitative estimate of drug-likeness (QED) is 0.289. The predicted molar refractivity (Wildman–Crippen MR) is 144 cm³/mol. The first-order valence-corrected chi connectivity index (χ1v) is 12.5. The lowest BCUT2D eigenvalue weighted by atomic mass is 9.90. The fraction of sp³-hybridized carbons (Fsp3) is 0.226. The number of hydrogen-bond donors (Lipinski definition) is 0. The van der Waals surface area contributed by atoms with Crippen molar-refractivity contribution in [3.63, 3.8) is 0 Å². The van der Waals surface area contributed by atoms with Crippen molar-refractivity contribution in [1.82, 2.24) is 14.6 Å². The molecule has 35 heavy (non-hydrogen) atoms. The maximum atomic E-state index is 5.03. The van der Waals surface area contributed by atoms with Crippen LogP contribution >= 0.6 is 0 Å². The SMILES string of the molecule is Cc1cccc(-c2cc3nc(-c4ccccc4)cc(N4CCC(Cc5ccccc5)CC4)n3n2)c1. The summed E-state index contributed by atoms with van der Waals surface area (Å²) in [7, 11) is 0. The average Bonchev–Trinajstić information content (AvgIpc) is 3.34. The standard InChI is InChI=1S/C31H30N4/c1-23-9-8-14-27(19-23)29-21-30-32-28(26-12-6-3-7-13-26)22-31(35(30)33-29)34-17-15-25(16-18-34)20-24-10-4-2-5-11-24/h2-14,19,21-22,25H,15-18,20H2,1H3. The van der Waals surface area contributed by atoms with E-state index in [9.17, 15) is 0 Å². The van der Waals surface area contributed by atoms with E-state index in [1.807, 2.05) is 4.52 Å². The van der Waals surface area contributed by atoms with Gasteiger partial charge in [-0.05, 0) is 43.7 Å². The summed E-state index contributed by atoms with van der Waals surface area (Å²) in [6.45, 7) is 4.19. The highest BCUT2D eigenvalue weighted by Gasteiger charge is 2.23. The fourth-order valence-electron chi connectivity index (χ4n) is 5.20. The molecule has 1 fully saturated rings. The molecule has 0 saturated carbocycles. The van der Waals surface area contributed by atoms with E-state index < -0.39 is 0 Å². The maximum Gasteiger partial charge on any atom is 0.158 e. The largest absolute Gasteiger partial charge is 0.356 e. The topological polar surface area (TPSA) is 33.4 Å². The van der Waals surface area contributed by atoms with Crippen LogP contribution in [0.3, 0.4) is 0 Å². The Morgan fingerprint density at radius 2 is 1.46 bits per heavy atom. The zero-order valence-electron chi connectivity index (χ0n) is 20.1. The molecule has 5 aromatic rings. The highest BCUT2D eigenvalue weighted by molar-refractivity contribution is 5.71. The predicted octanol–water partition coefficient (Wildman–Crippen LogP) is 6.83. The highest BCUT2D eigenvalue weighted by Crippen LogP contribution is 2.31. The van der Waals surface area contributed by atoms with Crippen LogP contribution in [0.2, 0.25) is 0 Å². The molecule has 0 atom stereocenters. The lowest BCUT2D eigenvalue weighted by Gasteiger charge is -2.33. The van der Waals surface area contributed by atoms with E-state index in [0.717, 1.165) is 59.4 Å². The van der Waals surface area contributed by atoms with Crippen LogP contribution in [0.4, 0.5) is 5.82 Å². The molecular weight excluding hydrogens is 428 g/mol. The molecule has 4 heteroatoms. The summed E-state index contributed by atoms with van der Waals surface area (Å²) in [6, 6.07) is 34.2. The summed E-state index contributed by atoms with van der Waals surface area (Å²) in [6.07, 6.45) is 3.53. The number of aryl methyl sites for hydroxylation is 1. The molecular formula is C31H30N4. The number of fused-ring (bicyclic) bond motifs is 1. The maximum absolute atomic E-state index is 5.03. The van der Waals surface area contributed by atoms with Crippen molar-refractivity contribution in [2.24, 2.45) is 5.92 Å². The van der Waals surface area contributed by atoms with Crippen LogP contribution in [0.25, 0.3) is 28.2 Å². The van der Waals surface area contributed by atoms with Crippen LogP contribution < -0.4 is 4.90 Å². The fourth-order valence-corrected chi connectivity index (χ4v) is 5.20. The van der Waals surface area contributed by atoms with Gasteiger partial charge in [0.15, 0.2) is 5.65 Å². The lowest BCUT2D eigenvalue weighted by Crippen LogP contribution is -2.35. The van der Waals surface area contributed by atoms with Crippen molar-refractivity contribution in [1.29, 1.82) is 0 Å². The number of rotatable bonds is 5. The van der Waals surface area contributed by atoms with Crippen molar-refractivity contribution in [2.75, 3.05) is 18.0 Å². The lowest BCUT2D eigenvalue weighted by molar-refractivity contribution is 0.401. The van der Waals surface area contributed by atoms with Crippen molar-refractivity contribution in [3.8, 4) is 22.5 Å². The van der Waals surface area contributed by atoms with Crippen LogP contribution in [-0.4, -0.2) is 27.7 Å². The van der Waals surface area contributed by atoms with Gasteiger partial charge in [-0.1, -0.05) is 84.4 Å². The summed E-state index contributed by atoms with van der Waals surface area (Å²) in [4.78, 5) is 7.51. The summed E-state index contributed by atoms with van der Waals surface area (Å²) in [5.74, 6) is 1.85. The number of anilines is 1. The number of benzene rings is 3. The molecule has 3 heterocycles. The molecule has 0 unspecified atom stereocenters. The first-order valence-electron chi connectivity index (χ1n) is 12.5. The van der Waals surface area contributed by atoms with Gasteiger partial charge in [0.2, 0.25) is 0 Å². The number of nitrogens with zero attached hydrogens (tertiary/aromatic N) is 4. The van der Waals surface area contributed by atoms with Crippen LogP contribution in [0, 0.1) is 12.8 Å². The smallest absolute Gasteiger partial charge is 0.158 e. The zero-order valence-corrected chi connectivity index (χ0v) is 20.1. The first kappa shape index (κ1) is 21.6. The Balaban J connectivity index is 1.35. The molecule has 0 aliphatic carbocycles. The second kappa shape index (κ2) is 9.38. The summed E-state index contributed by atoms with van der Waals surface area (Å²) in [5, 5.41) is 5.03. The minimum atomic E-state index is 0.722. The Morgan fingerprint density at radius 1 is 0.743 bits per heavy atom. The van der Waals surface area contributed by atoms with E-state index >= 15 is 0 Å². The highest BCUT2D eigenvalue weighted by atomic mass is 15.3. The van der Waals surface area contributed by atoms with Gasteiger partial charge in [-0.2, -0.15) is 9.61 Å². The third-order valence-corrected chi connectivity index (χ3v) is 7.10. The second-order valence-corrected chi connectivity index (χ2v) is 9.65. The molecule has 0 N–H and O–H groups in total. The second-order valence-electron chi connectivity index (χ2n) is 9.65. The van der Waals surface area contributed by atoms with E-state index in [1.54, 1.807) is 0 Å². The molecule has 3 aromatic carbocycles. The van der Waals surface area contributed by atoms with E-state index in [-0.39, 0.29) is 0 Å². The number of hydrogen-bond acceptors (Lipinski definition) is 3. The molecule has 0 spiro atoms. The Hall–Kier alpha value is -3.92. The molecule has 174 valence electrons. The minimum absolute atomic E-state index is 0.722. The van der Waals surface area contributed by atoms with Gasteiger partial charge in [0.1, 0.15) is 5.82 Å². The summed E-state index contributed by atoms with van der Waals surface area (Å²) < 4.78 is 2.04. The molecule has 1 aliphatic heterocycles. The van der Waals surface area contributed by atoms with Gasteiger partial charge >= 0.3 is 0 Å². The van der Waals surface area contributed by atoms with Gasteiger partial charge in [-0.25, -0.2) is 4.98 Å². The number of piperidine rings is 1. The van der Waals surface area contributed by atoms with Crippen LogP contribution in [0.15, 0.2) is 97.1 Å². The third-order valence-electron chi connectivity index (χ3n) is 7.10.